The van der Waals surface area contributed by atoms with Gasteiger partial charge in [0.25, 0.3) is 5.91 Å². The third kappa shape index (κ3) is 3.67. The Kier molecular flexibility index (Phi) is 4.69. The van der Waals surface area contributed by atoms with Gasteiger partial charge in [-0.3, -0.25) is 15.1 Å². The normalized spacial score (nSPS) is 14.3. The second-order valence-corrected chi connectivity index (χ2v) is 6.12. The summed E-state index contributed by atoms with van der Waals surface area (Å²) >= 11 is 0. The summed E-state index contributed by atoms with van der Waals surface area (Å²) in [5.74, 6) is 4.97. The van der Waals surface area contributed by atoms with Crippen molar-refractivity contribution >= 4 is 23.5 Å². The molecule has 2 heterocycles. The van der Waals surface area contributed by atoms with Crippen LogP contribution in [0.5, 0.6) is 0 Å². The summed E-state index contributed by atoms with van der Waals surface area (Å²) in [5, 5.41) is 7.88. The van der Waals surface area contributed by atoms with Gasteiger partial charge in [0, 0.05) is 19.6 Å². The molecule has 0 radical (unpaired) electrons. The Morgan fingerprint density at radius 1 is 1.35 bits per heavy atom. The minimum atomic E-state index is -0.605. The highest BCUT2D eigenvalue weighted by Crippen LogP contribution is 2.31. The summed E-state index contributed by atoms with van der Waals surface area (Å²) in [7, 11) is 0. The fraction of sp³-hybridized carbons (Fsp3) is 0.571. The number of ether oxygens (including phenoxy) is 1. The number of nitrogens with two attached hydrogens (primary N) is 1. The predicted molar refractivity (Wildman–Crippen MR) is 85.2 cm³/mol. The molecule has 0 spiro atoms. The first-order valence-electron chi connectivity index (χ1n) is 7.41. The number of anilines is 2. The van der Waals surface area contributed by atoms with E-state index in [0.29, 0.717) is 31.1 Å². The average molecular weight is 322 g/mol. The highest BCUT2D eigenvalue weighted by atomic mass is 16.6. The molecule has 0 saturated heterocycles. The molecular formula is C14H22N6O3. The van der Waals surface area contributed by atoms with Gasteiger partial charge in [-0.25, -0.2) is 10.6 Å². The number of hydrogen-bond acceptors (Lipinski definition) is 7. The summed E-state index contributed by atoms with van der Waals surface area (Å²) in [6, 6.07) is 1.57. The van der Waals surface area contributed by atoms with E-state index in [4.69, 9.17) is 10.6 Å². The number of rotatable bonds is 2. The summed E-state index contributed by atoms with van der Waals surface area (Å²) < 4.78 is 5.40. The molecule has 0 unspecified atom stereocenters. The van der Waals surface area contributed by atoms with Gasteiger partial charge in [-0.2, -0.15) is 0 Å². The summed E-state index contributed by atoms with van der Waals surface area (Å²) in [4.78, 5) is 27.4. The van der Waals surface area contributed by atoms with Gasteiger partial charge in [-0.1, -0.05) is 0 Å². The Morgan fingerprint density at radius 3 is 2.61 bits per heavy atom. The molecule has 0 aromatic carbocycles. The lowest BCUT2D eigenvalue weighted by atomic mass is 10.2. The minimum absolute atomic E-state index is 0.0933. The van der Waals surface area contributed by atoms with Crippen molar-refractivity contribution in [1.82, 2.24) is 15.6 Å². The SMILES string of the molecule is CCN1CCN(C(=O)OC(C)(C)C)c2nnc(C(=O)NN)cc21. The monoisotopic (exact) mass is 322 g/mol. The minimum Gasteiger partial charge on any atom is -0.443 e. The standard InChI is InChI=1S/C14H22N6O3/c1-5-19-6-7-20(13(22)23-14(2,3)4)11-10(19)8-9(17-18-11)12(21)16-15/h8H,5-7,15H2,1-4H3,(H,16,21). The van der Waals surface area contributed by atoms with Gasteiger partial charge in [0.15, 0.2) is 11.5 Å². The van der Waals surface area contributed by atoms with E-state index >= 15 is 0 Å². The van der Waals surface area contributed by atoms with Crippen LogP contribution in [0.3, 0.4) is 0 Å². The summed E-state index contributed by atoms with van der Waals surface area (Å²) in [6.45, 7) is 9.14. The first kappa shape index (κ1) is 16.9. The number of fused-ring (bicyclic) bond motifs is 1. The van der Waals surface area contributed by atoms with Crippen molar-refractivity contribution in [3.8, 4) is 0 Å². The van der Waals surface area contributed by atoms with Crippen LogP contribution in [0.25, 0.3) is 0 Å². The number of nitrogens with one attached hydrogen (secondary N) is 1. The number of aromatic nitrogens is 2. The van der Waals surface area contributed by atoms with Crippen molar-refractivity contribution < 1.29 is 14.3 Å². The zero-order valence-electron chi connectivity index (χ0n) is 13.8. The van der Waals surface area contributed by atoms with Crippen molar-refractivity contribution in [2.24, 2.45) is 5.84 Å². The molecule has 3 N–H and O–H groups in total. The van der Waals surface area contributed by atoms with Gasteiger partial charge in [0.1, 0.15) is 5.60 Å². The van der Waals surface area contributed by atoms with E-state index in [0.717, 1.165) is 0 Å². The van der Waals surface area contributed by atoms with Crippen molar-refractivity contribution in [3.05, 3.63) is 11.8 Å². The Bertz CT molecular complexity index is 613. The van der Waals surface area contributed by atoms with Crippen LogP contribution in [0.15, 0.2) is 6.07 Å². The molecule has 0 atom stereocenters. The Balaban J connectivity index is 2.38. The van der Waals surface area contributed by atoms with Crippen molar-refractivity contribution in [1.29, 1.82) is 0 Å². The third-order valence-electron chi connectivity index (χ3n) is 3.30. The Hall–Kier alpha value is -2.42. The number of carbonyl (C=O) groups is 2. The molecule has 9 heteroatoms. The van der Waals surface area contributed by atoms with Crippen molar-refractivity contribution in [2.75, 3.05) is 29.4 Å². The lowest BCUT2D eigenvalue weighted by Gasteiger charge is -2.36. The Labute approximate surface area is 134 Å². The molecule has 1 aromatic rings. The van der Waals surface area contributed by atoms with Gasteiger partial charge in [-0.05, 0) is 33.8 Å². The molecular weight excluding hydrogens is 300 g/mol. The van der Waals surface area contributed by atoms with Crippen LogP contribution in [0.1, 0.15) is 38.2 Å². The fourth-order valence-corrected chi connectivity index (χ4v) is 2.26. The van der Waals surface area contributed by atoms with Crippen molar-refractivity contribution in [3.63, 3.8) is 0 Å². The molecule has 126 valence electrons. The van der Waals surface area contributed by atoms with Crippen LogP contribution < -0.4 is 21.1 Å². The molecule has 9 nitrogen and oxygen atoms in total. The van der Waals surface area contributed by atoms with E-state index in [9.17, 15) is 9.59 Å². The van der Waals surface area contributed by atoms with Gasteiger partial charge in [-0.15, -0.1) is 10.2 Å². The number of likely N-dealkylation sites (N-methyl/N-ethyl adjacent to an activating group) is 1. The highest BCUT2D eigenvalue weighted by Gasteiger charge is 2.32. The third-order valence-corrected chi connectivity index (χ3v) is 3.30. The molecule has 0 aliphatic carbocycles. The molecule has 1 aliphatic rings. The van der Waals surface area contributed by atoms with E-state index in [2.05, 4.69) is 10.2 Å². The predicted octanol–water partition coefficient (Wildman–Crippen LogP) is 0.662. The number of carbonyl (C=O) groups excluding carboxylic acids is 2. The van der Waals surface area contributed by atoms with E-state index in [1.54, 1.807) is 26.8 Å². The van der Waals surface area contributed by atoms with Crippen LogP contribution >= 0.6 is 0 Å². The van der Waals surface area contributed by atoms with E-state index in [-0.39, 0.29) is 5.69 Å². The molecule has 0 fully saturated rings. The second-order valence-electron chi connectivity index (χ2n) is 6.12. The maximum absolute atomic E-state index is 12.4. The molecule has 1 aromatic heterocycles. The average Bonchev–Trinajstić information content (AvgIpc) is 2.50. The number of hydrogen-bond donors (Lipinski definition) is 2. The first-order chi connectivity index (χ1) is 10.8. The Morgan fingerprint density at radius 2 is 2.04 bits per heavy atom. The number of nitrogens with zero attached hydrogens (tertiary/aromatic N) is 4. The van der Waals surface area contributed by atoms with Gasteiger partial charge in [0.2, 0.25) is 0 Å². The lowest BCUT2D eigenvalue weighted by molar-refractivity contribution is 0.0578. The second kappa shape index (κ2) is 6.37. The van der Waals surface area contributed by atoms with Crippen molar-refractivity contribution in [2.45, 2.75) is 33.3 Å². The van der Waals surface area contributed by atoms with Crippen LogP contribution in [-0.2, 0) is 4.74 Å². The van der Waals surface area contributed by atoms with Gasteiger partial charge >= 0.3 is 6.09 Å². The van der Waals surface area contributed by atoms with E-state index in [1.807, 2.05) is 17.2 Å². The van der Waals surface area contributed by atoms with Gasteiger partial charge < -0.3 is 9.64 Å². The smallest absolute Gasteiger partial charge is 0.416 e. The molecule has 1 aliphatic heterocycles. The molecule has 2 amide bonds. The zero-order valence-corrected chi connectivity index (χ0v) is 13.8. The van der Waals surface area contributed by atoms with Crippen LogP contribution in [-0.4, -0.2) is 47.4 Å². The van der Waals surface area contributed by atoms with Crippen LogP contribution in [0.2, 0.25) is 0 Å². The first-order valence-corrected chi connectivity index (χ1v) is 7.41. The van der Waals surface area contributed by atoms with E-state index < -0.39 is 17.6 Å². The number of amides is 2. The topological polar surface area (TPSA) is 114 Å². The maximum atomic E-state index is 12.4. The fourth-order valence-electron chi connectivity index (χ4n) is 2.26. The highest BCUT2D eigenvalue weighted by molar-refractivity contribution is 5.96. The quantitative estimate of drug-likeness (QED) is 0.467. The molecule has 2 rings (SSSR count). The maximum Gasteiger partial charge on any atom is 0.416 e. The largest absolute Gasteiger partial charge is 0.443 e. The number of hydrazine groups is 1. The van der Waals surface area contributed by atoms with Gasteiger partial charge in [0.05, 0.1) is 5.69 Å². The summed E-state index contributed by atoms with van der Waals surface area (Å²) in [5.41, 5.74) is 2.16. The summed E-state index contributed by atoms with van der Waals surface area (Å²) in [6.07, 6.45) is -0.486. The molecule has 0 saturated carbocycles. The van der Waals surface area contributed by atoms with Crippen LogP contribution in [0.4, 0.5) is 16.3 Å². The molecule has 23 heavy (non-hydrogen) atoms. The van der Waals surface area contributed by atoms with Crippen LogP contribution in [0, 0.1) is 0 Å². The number of nitrogen functional groups attached to an aromatic ring is 1. The zero-order chi connectivity index (χ0) is 17.2. The lowest BCUT2D eigenvalue weighted by Crippen LogP contribution is -2.47. The molecule has 0 bridgehead atoms. The van der Waals surface area contributed by atoms with E-state index in [1.165, 1.54) is 4.90 Å².